The van der Waals surface area contributed by atoms with Crippen molar-refractivity contribution in [3.05, 3.63) is 0 Å². The van der Waals surface area contributed by atoms with Gasteiger partial charge in [-0.25, -0.2) is 0 Å². The number of amides is 2. The Kier molecular flexibility index (Phi) is 4.42. The molecule has 0 heterocycles. The van der Waals surface area contributed by atoms with Gasteiger partial charge in [0.25, 0.3) is 0 Å². The molecule has 4 N–H and O–H groups in total. The summed E-state index contributed by atoms with van der Waals surface area (Å²) in [4.78, 5) is 22.7. The summed E-state index contributed by atoms with van der Waals surface area (Å²) in [7, 11) is 0. The van der Waals surface area contributed by atoms with Crippen LogP contribution in [0.15, 0.2) is 0 Å². The second-order valence-corrected chi connectivity index (χ2v) is 5.37. The second-order valence-electron chi connectivity index (χ2n) is 5.37. The third-order valence-electron chi connectivity index (χ3n) is 4.40. The summed E-state index contributed by atoms with van der Waals surface area (Å²) in [6.45, 7) is 2.63. The van der Waals surface area contributed by atoms with E-state index >= 15 is 0 Å². The van der Waals surface area contributed by atoms with Gasteiger partial charge < -0.3 is 21.1 Å². The lowest BCUT2D eigenvalue weighted by molar-refractivity contribution is -0.175. The van der Waals surface area contributed by atoms with Crippen molar-refractivity contribution in [3.63, 3.8) is 0 Å². The van der Waals surface area contributed by atoms with Gasteiger partial charge in [-0.1, -0.05) is 6.42 Å². The number of nitrogens with one attached hydrogen (secondary N) is 2. The molecule has 2 saturated carbocycles. The van der Waals surface area contributed by atoms with E-state index in [4.69, 9.17) is 10.5 Å². The van der Waals surface area contributed by atoms with Gasteiger partial charge in [-0.2, -0.15) is 0 Å². The van der Waals surface area contributed by atoms with Gasteiger partial charge in [-0.3, -0.25) is 9.59 Å². The van der Waals surface area contributed by atoms with Gasteiger partial charge in [0.05, 0.1) is 19.2 Å². The van der Waals surface area contributed by atoms with E-state index in [0.717, 1.165) is 25.9 Å². The quantitative estimate of drug-likeness (QED) is 0.607. The molecule has 6 nitrogen and oxygen atoms in total. The topological polar surface area (TPSA) is 93.5 Å². The fourth-order valence-electron chi connectivity index (χ4n) is 3.14. The summed E-state index contributed by atoms with van der Waals surface area (Å²) < 4.78 is 5.73. The van der Waals surface area contributed by atoms with E-state index in [2.05, 4.69) is 10.6 Å². The van der Waals surface area contributed by atoms with Crippen LogP contribution in [-0.4, -0.2) is 43.7 Å². The molecule has 6 heteroatoms. The summed E-state index contributed by atoms with van der Waals surface area (Å²) >= 11 is 0. The third-order valence-corrected chi connectivity index (χ3v) is 4.40. The smallest absolute Gasteiger partial charge is 0.239 e. The number of ether oxygens (including phenoxy) is 1. The standard InChI is InChI=1S/C13H23N3O3/c1-2-19-10-6-9(13(10)4-3-5-13)16-12(18)8-15-11(17)7-14/h9-10H,2-8,14H2,1H3,(H,15,17)(H,16,18). The molecule has 0 aliphatic heterocycles. The van der Waals surface area contributed by atoms with Crippen LogP contribution in [0.2, 0.25) is 0 Å². The number of nitrogens with two attached hydrogens (primary N) is 1. The molecule has 0 aromatic carbocycles. The van der Waals surface area contributed by atoms with Gasteiger partial charge in [-0.15, -0.1) is 0 Å². The van der Waals surface area contributed by atoms with E-state index in [9.17, 15) is 9.59 Å². The molecule has 2 aliphatic rings. The predicted molar refractivity (Wildman–Crippen MR) is 70.3 cm³/mol. The Morgan fingerprint density at radius 1 is 1.37 bits per heavy atom. The summed E-state index contributed by atoms with van der Waals surface area (Å²) in [6, 6.07) is 0.195. The lowest BCUT2D eigenvalue weighted by atomic mass is 9.51. The highest BCUT2D eigenvalue weighted by Gasteiger charge is 2.59. The van der Waals surface area contributed by atoms with E-state index < -0.39 is 0 Å². The highest BCUT2D eigenvalue weighted by atomic mass is 16.5. The Bertz CT molecular complexity index is 355. The summed E-state index contributed by atoms with van der Waals surface area (Å²) in [5.74, 6) is -0.456. The first kappa shape index (κ1) is 14.3. The average molecular weight is 269 g/mol. The normalized spacial score (nSPS) is 27.3. The minimum Gasteiger partial charge on any atom is -0.378 e. The molecule has 0 aromatic heterocycles. The number of carbonyl (C=O) groups excluding carboxylic acids is 2. The van der Waals surface area contributed by atoms with Crippen molar-refractivity contribution < 1.29 is 14.3 Å². The monoisotopic (exact) mass is 269 g/mol. The molecule has 2 fully saturated rings. The first-order valence-corrected chi connectivity index (χ1v) is 7.00. The minimum absolute atomic E-state index is 0.00190. The fourth-order valence-corrected chi connectivity index (χ4v) is 3.14. The molecule has 2 atom stereocenters. The van der Waals surface area contributed by atoms with Crippen LogP contribution in [0.4, 0.5) is 0 Å². The summed E-state index contributed by atoms with van der Waals surface area (Å²) in [5.41, 5.74) is 5.32. The van der Waals surface area contributed by atoms with Crippen molar-refractivity contribution in [3.8, 4) is 0 Å². The molecular weight excluding hydrogens is 246 g/mol. The van der Waals surface area contributed by atoms with E-state index in [1.54, 1.807) is 0 Å². The molecule has 1 spiro atoms. The van der Waals surface area contributed by atoms with Gasteiger partial charge in [0.15, 0.2) is 0 Å². The van der Waals surface area contributed by atoms with Crippen LogP contribution >= 0.6 is 0 Å². The van der Waals surface area contributed by atoms with Crippen LogP contribution < -0.4 is 16.4 Å². The van der Waals surface area contributed by atoms with Crippen molar-refractivity contribution in [1.82, 2.24) is 10.6 Å². The molecule has 0 bridgehead atoms. The Balaban J connectivity index is 1.77. The number of hydrogen-bond acceptors (Lipinski definition) is 4. The zero-order valence-electron chi connectivity index (χ0n) is 11.4. The molecule has 108 valence electrons. The number of carbonyl (C=O) groups is 2. The highest BCUT2D eigenvalue weighted by Crippen LogP contribution is 2.57. The van der Waals surface area contributed by atoms with Crippen molar-refractivity contribution in [2.24, 2.45) is 11.1 Å². The first-order valence-electron chi connectivity index (χ1n) is 7.00. The van der Waals surface area contributed by atoms with Gasteiger partial charge in [0.2, 0.25) is 11.8 Å². The van der Waals surface area contributed by atoms with Gasteiger partial charge in [0, 0.05) is 18.1 Å². The molecular formula is C13H23N3O3. The fraction of sp³-hybridized carbons (Fsp3) is 0.846. The molecule has 2 aliphatic carbocycles. The van der Waals surface area contributed by atoms with E-state index in [0.29, 0.717) is 0 Å². The minimum atomic E-state index is -0.311. The van der Waals surface area contributed by atoms with E-state index in [1.165, 1.54) is 6.42 Å². The van der Waals surface area contributed by atoms with Crippen LogP contribution in [-0.2, 0) is 14.3 Å². The maximum absolute atomic E-state index is 11.8. The largest absolute Gasteiger partial charge is 0.378 e. The van der Waals surface area contributed by atoms with E-state index in [1.807, 2.05) is 6.92 Å². The zero-order valence-corrected chi connectivity index (χ0v) is 11.4. The SMILES string of the molecule is CCOC1CC(NC(=O)CNC(=O)CN)C12CCC2. The van der Waals surface area contributed by atoms with Gasteiger partial charge in [0.1, 0.15) is 0 Å². The van der Waals surface area contributed by atoms with Crippen LogP contribution in [0.1, 0.15) is 32.6 Å². The molecule has 0 radical (unpaired) electrons. The maximum atomic E-state index is 11.8. The second kappa shape index (κ2) is 5.88. The first-order chi connectivity index (χ1) is 9.12. The Morgan fingerprint density at radius 3 is 2.63 bits per heavy atom. The molecule has 2 amide bonds. The maximum Gasteiger partial charge on any atom is 0.239 e. The average Bonchev–Trinajstić information content (AvgIpc) is 2.32. The number of hydrogen-bond donors (Lipinski definition) is 3. The Labute approximate surface area is 113 Å². The van der Waals surface area contributed by atoms with Crippen LogP contribution in [0.3, 0.4) is 0 Å². The van der Waals surface area contributed by atoms with Crippen molar-refractivity contribution in [1.29, 1.82) is 0 Å². The van der Waals surface area contributed by atoms with Crippen molar-refractivity contribution in [2.45, 2.75) is 44.8 Å². The highest BCUT2D eigenvalue weighted by molar-refractivity contribution is 5.85. The molecule has 2 rings (SSSR count). The zero-order chi connectivity index (χ0) is 13.9. The Morgan fingerprint density at radius 2 is 2.11 bits per heavy atom. The molecule has 0 aromatic rings. The third kappa shape index (κ3) is 2.74. The Hall–Kier alpha value is -1.14. The molecule has 0 saturated heterocycles. The van der Waals surface area contributed by atoms with Crippen LogP contribution in [0.25, 0.3) is 0 Å². The molecule has 19 heavy (non-hydrogen) atoms. The predicted octanol–water partition coefficient (Wildman–Crippen LogP) is -0.475. The van der Waals surface area contributed by atoms with Crippen LogP contribution in [0, 0.1) is 5.41 Å². The lowest BCUT2D eigenvalue weighted by Gasteiger charge is -2.61. The summed E-state index contributed by atoms with van der Waals surface area (Å²) in [5, 5.41) is 5.48. The van der Waals surface area contributed by atoms with Crippen molar-refractivity contribution >= 4 is 11.8 Å². The summed E-state index contributed by atoms with van der Waals surface area (Å²) in [6.07, 6.45) is 4.62. The van der Waals surface area contributed by atoms with E-state index in [-0.39, 0.29) is 42.5 Å². The van der Waals surface area contributed by atoms with Gasteiger partial charge >= 0.3 is 0 Å². The lowest BCUT2D eigenvalue weighted by Crippen LogP contribution is -2.68. The van der Waals surface area contributed by atoms with Gasteiger partial charge in [-0.05, 0) is 26.2 Å². The van der Waals surface area contributed by atoms with Crippen molar-refractivity contribution in [2.75, 3.05) is 19.7 Å². The number of rotatable bonds is 6. The van der Waals surface area contributed by atoms with Crippen LogP contribution in [0.5, 0.6) is 0 Å². The molecule has 2 unspecified atom stereocenters.